The van der Waals surface area contributed by atoms with Crippen molar-refractivity contribution in [2.75, 3.05) is 5.75 Å². The summed E-state index contributed by atoms with van der Waals surface area (Å²) in [4.78, 5) is 7.65. The van der Waals surface area contributed by atoms with Crippen molar-refractivity contribution in [1.29, 1.82) is 0 Å². The standard InChI is InChI=1S/C9H12N2S2/c1-6-5-8(12)11-9(10-6)7-3-2-4-13-7/h5,7H,2-4H2,1H3,(H,10,11,12). The Labute approximate surface area is 87.2 Å². The van der Waals surface area contributed by atoms with Crippen molar-refractivity contribution in [3.8, 4) is 0 Å². The number of hydrogen-bond donors (Lipinski definition) is 1. The number of aryl methyl sites for hydroxylation is 1. The number of thioether (sulfide) groups is 1. The van der Waals surface area contributed by atoms with E-state index in [-0.39, 0.29) is 0 Å². The maximum atomic E-state index is 5.08. The van der Waals surface area contributed by atoms with Crippen LogP contribution >= 0.6 is 24.0 Å². The first-order chi connectivity index (χ1) is 6.25. The highest BCUT2D eigenvalue weighted by Gasteiger charge is 2.19. The van der Waals surface area contributed by atoms with Crippen LogP contribution in [0, 0.1) is 11.6 Å². The van der Waals surface area contributed by atoms with E-state index < -0.39 is 0 Å². The maximum Gasteiger partial charge on any atom is 0.130 e. The lowest BCUT2D eigenvalue weighted by Crippen LogP contribution is -1.99. The van der Waals surface area contributed by atoms with Gasteiger partial charge in [0, 0.05) is 5.69 Å². The Kier molecular flexibility index (Phi) is 2.69. The van der Waals surface area contributed by atoms with Crippen LogP contribution in [0.4, 0.5) is 0 Å². The van der Waals surface area contributed by atoms with Gasteiger partial charge in [0.25, 0.3) is 0 Å². The summed E-state index contributed by atoms with van der Waals surface area (Å²) in [6, 6.07) is 1.90. The first-order valence-corrected chi connectivity index (χ1v) is 5.91. The Hall–Kier alpha value is -0.350. The molecule has 4 heteroatoms. The second-order valence-electron chi connectivity index (χ2n) is 3.29. The third kappa shape index (κ3) is 2.11. The van der Waals surface area contributed by atoms with Crippen LogP contribution in [0.15, 0.2) is 6.07 Å². The van der Waals surface area contributed by atoms with E-state index in [9.17, 15) is 0 Å². The van der Waals surface area contributed by atoms with Crippen LogP contribution in [0.25, 0.3) is 0 Å². The van der Waals surface area contributed by atoms with Crippen molar-refractivity contribution < 1.29 is 0 Å². The Morgan fingerprint density at radius 1 is 1.69 bits per heavy atom. The molecule has 1 fully saturated rings. The summed E-state index contributed by atoms with van der Waals surface area (Å²) in [5, 5.41) is 0.543. The predicted molar refractivity (Wildman–Crippen MR) is 58.6 cm³/mol. The first kappa shape index (κ1) is 9.21. The lowest BCUT2D eigenvalue weighted by atomic mass is 10.2. The Balaban J connectivity index is 2.33. The third-order valence-electron chi connectivity index (χ3n) is 2.13. The summed E-state index contributed by atoms with van der Waals surface area (Å²) in [6.07, 6.45) is 2.53. The molecule has 1 atom stereocenters. The van der Waals surface area contributed by atoms with Crippen LogP contribution < -0.4 is 0 Å². The van der Waals surface area contributed by atoms with Gasteiger partial charge in [0.2, 0.25) is 0 Å². The summed E-state index contributed by atoms with van der Waals surface area (Å²) in [7, 11) is 0. The monoisotopic (exact) mass is 212 g/mol. The molecule has 2 rings (SSSR count). The van der Waals surface area contributed by atoms with E-state index in [1.807, 2.05) is 24.8 Å². The molecule has 2 nitrogen and oxygen atoms in total. The van der Waals surface area contributed by atoms with Gasteiger partial charge < -0.3 is 4.98 Å². The highest BCUT2D eigenvalue weighted by molar-refractivity contribution is 7.99. The topological polar surface area (TPSA) is 28.7 Å². The zero-order valence-electron chi connectivity index (χ0n) is 7.54. The van der Waals surface area contributed by atoms with Gasteiger partial charge in [0.15, 0.2) is 0 Å². The van der Waals surface area contributed by atoms with Crippen LogP contribution in [0.5, 0.6) is 0 Å². The van der Waals surface area contributed by atoms with Crippen molar-refractivity contribution in [3.05, 3.63) is 22.2 Å². The van der Waals surface area contributed by atoms with Crippen LogP contribution in [0.2, 0.25) is 0 Å². The summed E-state index contributed by atoms with van der Waals surface area (Å²) in [5.41, 5.74) is 1.11. The summed E-state index contributed by atoms with van der Waals surface area (Å²) in [6.45, 7) is 2.03. The average molecular weight is 212 g/mol. The van der Waals surface area contributed by atoms with Gasteiger partial charge in [0.05, 0.1) is 5.25 Å². The van der Waals surface area contributed by atoms with Gasteiger partial charge in [0.1, 0.15) is 10.5 Å². The minimum Gasteiger partial charge on any atom is -0.346 e. The van der Waals surface area contributed by atoms with Crippen LogP contribution in [0.3, 0.4) is 0 Å². The number of aromatic nitrogens is 2. The van der Waals surface area contributed by atoms with E-state index in [2.05, 4.69) is 9.97 Å². The van der Waals surface area contributed by atoms with Crippen molar-refractivity contribution in [2.45, 2.75) is 25.0 Å². The minimum absolute atomic E-state index is 0.543. The average Bonchev–Trinajstić information content (AvgIpc) is 2.53. The molecule has 1 aliphatic heterocycles. The normalized spacial score (nSPS) is 22.1. The van der Waals surface area contributed by atoms with Gasteiger partial charge >= 0.3 is 0 Å². The summed E-state index contributed by atoms with van der Waals surface area (Å²) < 4.78 is 0.707. The van der Waals surface area contributed by atoms with E-state index in [1.54, 1.807) is 0 Å². The molecule has 0 bridgehead atoms. The number of nitrogens with one attached hydrogen (secondary N) is 1. The number of aromatic amines is 1. The second kappa shape index (κ2) is 3.80. The molecule has 13 heavy (non-hydrogen) atoms. The molecule has 0 amide bonds. The Bertz CT molecular complexity index is 353. The molecular formula is C9H12N2S2. The fourth-order valence-corrected chi connectivity index (χ4v) is 3.04. The zero-order chi connectivity index (χ0) is 9.26. The molecule has 0 aliphatic carbocycles. The molecule has 1 N–H and O–H groups in total. The van der Waals surface area contributed by atoms with E-state index in [0.717, 1.165) is 11.5 Å². The van der Waals surface area contributed by atoms with Crippen molar-refractivity contribution in [2.24, 2.45) is 0 Å². The first-order valence-electron chi connectivity index (χ1n) is 4.45. The quantitative estimate of drug-likeness (QED) is 0.725. The predicted octanol–water partition coefficient (Wildman–Crippen LogP) is 3.02. The van der Waals surface area contributed by atoms with Crippen molar-refractivity contribution >= 4 is 24.0 Å². The van der Waals surface area contributed by atoms with E-state index in [1.165, 1.54) is 18.6 Å². The van der Waals surface area contributed by atoms with Gasteiger partial charge in [-0.25, -0.2) is 4.98 Å². The second-order valence-corrected chi connectivity index (χ2v) is 5.02. The molecule has 0 aromatic carbocycles. The summed E-state index contributed by atoms with van der Waals surface area (Å²) in [5.74, 6) is 2.31. The minimum atomic E-state index is 0.543. The molecule has 70 valence electrons. The highest BCUT2D eigenvalue weighted by Crippen LogP contribution is 2.37. The molecule has 1 aromatic heterocycles. The van der Waals surface area contributed by atoms with Crippen LogP contribution in [-0.4, -0.2) is 15.7 Å². The Morgan fingerprint density at radius 3 is 3.15 bits per heavy atom. The molecule has 0 saturated carbocycles. The fraction of sp³-hybridized carbons (Fsp3) is 0.556. The lowest BCUT2D eigenvalue weighted by Gasteiger charge is -2.08. The molecule has 0 radical (unpaired) electrons. The fourth-order valence-electron chi connectivity index (χ4n) is 1.55. The zero-order valence-corrected chi connectivity index (χ0v) is 9.17. The van der Waals surface area contributed by atoms with Gasteiger partial charge in [-0.3, -0.25) is 0 Å². The molecule has 2 heterocycles. The van der Waals surface area contributed by atoms with Gasteiger partial charge in [-0.15, -0.1) is 0 Å². The SMILES string of the molecule is Cc1cc(=S)nc(C2CCCS2)[nH]1. The Morgan fingerprint density at radius 2 is 2.54 bits per heavy atom. The smallest absolute Gasteiger partial charge is 0.130 e. The number of H-pyrrole nitrogens is 1. The molecule has 1 aliphatic rings. The van der Waals surface area contributed by atoms with Crippen LogP contribution in [0.1, 0.15) is 29.6 Å². The molecule has 1 unspecified atom stereocenters. The summed E-state index contributed by atoms with van der Waals surface area (Å²) >= 11 is 7.05. The lowest BCUT2D eigenvalue weighted by molar-refractivity contribution is 0.769. The van der Waals surface area contributed by atoms with Gasteiger partial charge in [-0.1, -0.05) is 12.2 Å². The largest absolute Gasteiger partial charge is 0.346 e. The number of hydrogen-bond acceptors (Lipinski definition) is 3. The molecule has 1 saturated heterocycles. The van der Waals surface area contributed by atoms with Crippen LogP contribution in [-0.2, 0) is 0 Å². The van der Waals surface area contributed by atoms with Gasteiger partial charge in [-0.05, 0) is 31.6 Å². The molecular weight excluding hydrogens is 200 g/mol. The number of rotatable bonds is 1. The van der Waals surface area contributed by atoms with E-state index in [0.29, 0.717) is 9.89 Å². The van der Waals surface area contributed by atoms with Gasteiger partial charge in [-0.2, -0.15) is 11.8 Å². The molecule has 0 spiro atoms. The van der Waals surface area contributed by atoms with E-state index in [4.69, 9.17) is 12.2 Å². The third-order valence-corrected chi connectivity index (χ3v) is 3.73. The maximum absolute atomic E-state index is 5.08. The highest BCUT2D eigenvalue weighted by atomic mass is 32.2. The number of nitrogens with zero attached hydrogens (tertiary/aromatic N) is 1. The van der Waals surface area contributed by atoms with Crippen molar-refractivity contribution in [1.82, 2.24) is 9.97 Å². The molecule has 1 aromatic rings. The van der Waals surface area contributed by atoms with Crippen molar-refractivity contribution in [3.63, 3.8) is 0 Å². The van der Waals surface area contributed by atoms with E-state index >= 15 is 0 Å².